The van der Waals surface area contributed by atoms with Crippen molar-refractivity contribution in [3.63, 3.8) is 0 Å². The van der Waals surface area contributed by atoms with Gasteiger partial charge in [0.2, 0.25) is 0 Å². The fourth-order valence-corrected chi connectivity index (χ4v) is 5.41. The molecule has 3 aromatic rings. The number of methoxy groups -OCH3 is 3. The molecule has 0 spiro atoms. The molecule has 0 radical (unpaired) electrons. The van der Waals surface area contributed by atoms with Crippen LogP contribution in [0.15, 0.2) is 63.5 Å². The number of benzene rings is 2. The van der Waals surface area contributed by atoms with E-state index in [1.165, 1.54) is 37.2 Å². The fourth-order valence-electron chi connectivity index (χ4n) is 4.12. The van der Waals surface area contributed by atoms with E-state index in [9.17, 15) is 14.4 Å². The zero-order valence-corrected chi connectivity index (χ0v) is 22.7. The minimum absolute atomic E-state index is 0.178. The Kier molecular flexibility index (Phi) is 8.33. The Labute approximate surface area is 227 Å². The van der Waals surface area contributed by atoms with Crippen LogP contribution in [0.25, 0.3) is 6.08 Å². The van der Waals surface area contributed by atoms with Crippen LogP contribution in [0.4, 0.5) is 0 Å². The van der Waals surface area contributed by atoms with Crippen molar-refractivity contribution >= 4 is 41.0 Å². The maximum absolute atomic E-state index is 13.7. The molecule has 0 saturated carbocycles. The number of allylic oxidation sites excluding steroid dienone is 1. The van der Waals surface area contributed by atoms with Crippen LogP contribution in [0.2, 0.25) is 5.02 Å². The van der Waals surface area contributed by atoms with Crippen molar-refractivity contribution in [3.05, 3.63) is 89.6 Å². The Hall–Kier alpha value is -3.89. The minimum atomic E-state index is -0.691. The van der Waals surface area contributed by atoms with Crippen LogP contribution >= 0.6 is 22.9 Å². The molecule has 0 saturated heterocycles. The summed E-state index contributed by atoms with van der Waals surface area (Å²) in [4.78, 5) is 43.2. The smallest absolute Gasteiger partial charge is 0.343 e. The topological polar surface area (TPSA) is 105 Å². The highest BCUT2D eigenvalue weighted by Gasteiger charge is 2.33. The summed E-state index contributed by atoms with van der Waals surface area (Å²) in [6.45, 7) is 1.56. The number of nitrogens with zero attached hydrogens (tertiary/aromatic N) is 2. The molecule has 0 amide bonds. The average Bonchev–Trinajstić information content (AvgIpc) is 3.24. The molecule has 198 valence electrons. The molecule has 9 nitrogen and oxygen atoms in total. The first kappa shape index (κ1) is 27.2. The molecule has 2 heterocycles. The Morgan fingerprint density at radius 3 is 2.50 bits per heavy atom. The van der Waals surface area contributed by atoms with Gasteiger partial charge in [-0.15, -0.1) is 0 Å². The highest BCUT2D eigenvalue weighted by Crippen LogP contribution is 2.37. The third-order valence-corrected chi connectivity index (χ3v) is 7.14. The number of carbonyl (C=O) groups is 2. The quantitative estimate of drug-likeness (QED) is 0.393. The number of halogens is 1. The van der Waals surface area contributed by atoms with Gasteiger partial charge in [0, 0.05) is 0 Å². The summed E-state index contributed by atoms with van der Waals surface area (Å²) in [5.41, 5.74) is 1.91. The van der Waals surface area contributed by atoms with E-state index in [2.05, 4.69) is 9.73 Å². The van der Waals surface area contributed by atoms with E-state index < -0.39 is 18.0 Å². The van der Waals surface area contributed by atoms with Gasteiger partial charge in [-0.2, -0.15) is 0 Å². The molecule has 1 aromatic heterocycles. The van der Waals surface area contributed by atoms with Gasteiger partial charge in [0.25, 0.3) is 5.56 Å². The first-order valence-electron chi connectivity index (χ1n) is 11.6. The summed E-state index contributed by atoms with van der Waals surface area (Å²) in [7, 11) is 4.00. The second kappa shape index (κ2) is 11.7. The van der Waals surface area contributed by atoms with Gasteiger partial charge in [0.05, 0.1) is 48.2 Å². The summed E-state index contributed by atoms with van der Waals surface area (Å²) >= 11 is 7.63. The van der Waals surface area contributed by atoms with E-state index in [1.807, 2.05) is 37.3 Å². The van der Waals surface area contributed by atoms with Crippen molar-refractivity contribution < 1.29 is 28.5 Å². The van der Waals surface area contributed by atoms with Crippen LogP contribution < -0.4 is 24.4 Å². The molecule has 4 rings (SSSR count). The fraction of sp³-hybridized carbons (Fsp3) is 0.259. The molecule has 11 heteroatoms. The molecule has 0 aliphatic carbocycles. The van der Waals surface area contributed by atoms with Gasteiger partial charge in [-0.1, -0.05) is 60.2 Å². The number of hydrogen-bond donors (Lipinski definition) is 0. The molecule has 38 heavy (non-hydrogen) atoms. The molecule has 1 aliphatic heterocycles. The second-order valence-electron chi connectivity index (χ2n) is 8.10. The Bertz CT molecular complexity index is 1590. The van der Waals surface area contributed by atoms with E-state index in [0.29, 0.717) is 32.6 Å². The van der Waals surface area contributed by atoms with Crippen LogP contribution in [0.5, 0.6) is 11.5 Å². The average molecular weight is 557 g/mol. The first-order chi connectivity index (χ1) is 18.3. The first-order valence-corrected chi connectivity index (χ1v) is 12.8. The molecule has 1 atom stereocenters. The third kappa shape index (κ3) is 5.23. The lowest BCUT2D eigenvalue weighted by molar-refractivity contribution is -0.143. The number of esters is 2. The normalized spacial score (nSPS) is 15.0. The van der Waals surface area contributed by atoms with Crippen LogP contribution in [-0.4, -0.2) is 44.4 Å². The summed E-state index contributed by atoms with van der Waals surface area (Å²) in [6.07, 6.45) is 2.15. The highest BCUT2D eigenvalue weighted by molar-refractivity contribution is 7.07. The van der Waals surface area contributed by atoms with Crippen LogP contribution in [0.3, 0.4) is 0 Å². The van der Waals surface area contributed by atoms with E-state index in [4.69, 9.17) is 25.8 Å². The van der Waals surface area contributed by atoms with Gasteiger partial charge in [-0.05, 0) is 35.8 Å². The Morgan fingerprint density at radius 1 is 1.13 bits per heavy atom. The number of hydrogen-bond acceptors (Lipinski definition) is 9. The van der Waals surface area contributed by atoms with Gasteiger partial charge in [-0.25, -0.2) is 14.6 Å². The molecule has 0 fully saturated rings. The Morgan fingerprint density at radius 2 is 1.87 bits per heavy atom. The number of rotatable bonds is 8. The lowest BCUT2D eigenvalue weighted by Gasteiger charge is -2.25. The molecular formula is C27H25ClN2O7S. The van der Waals surface area contributed by atoms with E-state index in [-0.39, 0.29) is 28.7 Å². The van der Waals surface area contributed by atoms with Crippen molar-refractivity contribution in [2.45, 2.75) is 19.4 Å². The number of carbonyl (C=O) groups excluding carboxylic acids is 2. The standard InChI is InChI=1S/C27H25ClN2O7S/c1-5-18-22(26(33)36-4)23(16-9-7-6-8-10-16)30-25(32)20(38-27(30)29-18)13-15-11-17(28)24(19(12-15)34-2)37-14-21(31)35-3/h6-13,23H,5,14H2,1-4H3/b20-13-/t23-/m0/s1. The van der Waals surface area contributed by atoms with E-state index in [0.717, 1.165) is 5.56 Å². The largest absolute Gasteiger partial charge is 0.493 e. The molecule has 0 unspecified atom stereocenters. The van der Waals surface area contributed by atoms with Crippen molar-refractivity contribution in [3.8, 4) is 11.5 Å². The predicted molar refractivity (Wildman–Crippen MR) is 142 cm³/mol. The molecule has 1 aliphatic rings. The van der Waals surface area contributed by atoms with Crippen LogP contribution in [-0.2, 0) is 19.1 Å². The zero-order valence-electron chi connectivity index (χ0n) is 21.1. The van der Waals surface area contributed by atoms with Gasteiger partial charge < -0.3 is 18.9 Å². The van der Waals surface area contributed by atoms with E-state index in [1.54, 1.807) is 18.2 Å². The van der Waals surface area contributed by atoms with Crippen molar-refractivity contribution in [1.29, 1.82) is 0 Å². The molecule has 0 N–H and O–H groups in total. The van der Waals surface area contributed by atoms with Crippen molar-refractivity contribution in [2.75, 3.05) is 27.9 Å². The molecule has 0 bridgehead atoms. The number of thiazole rings is 1. The molecular weight excluding hydrogens is 532 g/mol. The maximum Gasteiger partial charge on any atom is 0.343 e. The number of ether oxygens (including phenoxy) is 4. The lowest BCUT2D eigenvalue weighted by Crippen LogP contribution is -2.40. The summed E-state index contributed by atoms with van der Waals surface area (Å²) in [5.74, 6) is -0.645. The van der Waals surface area contributed by atoms with Crippen molar-refractivity contribution in [2.24, 2.45) is 4.99 Å². The second-order valence-corrected chi connectivity index (χ2v) is 9.51. The third-order valence-electron chi connectivity index (χ3n) is 5.88. The number of fused-ring (bicyclic) bond motifs is 1. The summed E-state index contributed by atoms with van der Waals surface area (Å²) in [5, 5.41) is 0.190. The SMILES string of the molecule is CCC1=C(C(=O)OC)[C@H](c2ccccc2)n2c(s/c(=C\c3cc(Cl)c(OCC(=O)OC)c(OC)c3)c2=O)=N1. The van der Waals surface area contributed by atoms with Crippen LogP contribution in [0.1, 0.15) is 30.5 Å². The maximum atomic E-state index is 13.7. The van der Waals surface area contributed by atoms with Crippen molar-refractivity contribution in [1.82, 2.24) is 4.57 Å². The monoisotopic (exact) mass is 556 g/mol. The zero-order chi connectivity index (χ0) is 27.4. The van der Waals surface area contributed by atoms with Crippen LogP contribution in [0, 0.1) is 0 Å². The minimum Gasteiger partial charge on any atom is -0.493 e. The highest BCUT2D eigenvalue weighted by atomic mass is 35.5. The van der Waals surface area contributed by atoms with Gasteiger partial charge in [0.15, 0.2) is 22.9 Å². The lowest BCUT2D eigenvalue weighted by atomic mass is 9.95. The van der Waals surface area contributed by atoms with Gasteiger partial charge in [-0.3, -0.25) is 9.36 Å². The predicted octanol–water partition coefficient (Wildman–Crippen LogP) is 3.01. The van der Waals surface area contributed by atoms with E-state index >= 15 is 0 Å². The summed E-state index contributed by atoms with van der Waals surface area (Å²) < 4.78 is 22.4. The van der Waals surface area contributed by atoms with Gasteiger partial charge in [0.1, 0.15) is 0 Å². The number of aromatic nitrogens is 1. The molecule has 2 aromatic carbocycles. The Balaban J connectivity index is 1.87. The van der Waals surface area contributed by atoms with Gasteiger partial charge >= 0.3 is 11.9 Å². The summed E-state index contributed by atoms with van der Waals surface area (Å²) in [6, 6.07) is 11.8.